The Labute approximate surface area is 131 Å². The van der Waals surface area contributed by atoms with E-state index in [-0.39, 0.29) is 11.3 Å². The van der Waals surface area contributed by atoms with Gasteiger partial charge in [0.15, 0.2) is 0 Å². The molecule has 0 saturated heterocycles. The van der Waals surface area contributed by atoms with Crippen LogP contribution in [0.4, 0.5) is 5.69 Å². The van der Waals surface area contributed by atoms with Crippen molar-refractivity contribution in [1.29, 1.82) is 0 Å². The van der Waals surface area contributed by atoms with Crippen LogP contribution in [-0.4, -0.2) is 33.9 Å². The van der Waals surface area contributed by atoms with Gasteiger partial charge < -0.3 is 16.2 Å². The quantitative estimate of drug-likeness (QED) is 0.349. The van der Waals surface area contributed by atoms with Gasteiger partial charge in [-0.15, -0.1) is 0 Å². The van der Waals surface area contributed by atoms with E-state index in [1.807, 2.05) is 0 Å². The Balaban J connectivity index is 3.02. The Kier molecular flexibility index (Phi) is 5.58. The first-order chi connectivity index (χ1) is 9.72. The number of carbonyl (C=O) groups excluding carboxylic acids is 2. The van der Waals surface area contributed by atoms with Crippen LogP contribution in [0.1, 0.15) is 16.8 Å². The summed E-state index contributed by atoms with van der Waals surface area (Å²) >= 11 is 1.78. The van der Waals surface area contributed by atoms with E-state index in [2.05, 4.69) is 5.32 Å². The molecule has 9 nitrogen and oxygen atoms in total. The lowest BCUT2D eigenvalue weighted by Gasteiger charge is -2.13. The third-order valence-corrected chi connectivity index (χ3v) is 3.35. The first kappa shape index (κ1) is 16.8. The van der Waals surface area contributed by atoms with Crippen molar-refractivity contribution in [3.8, 4) is 0 Å². The third kappa shape index (κ3) is 4.66. The molecule has 1 atom stereocenters. The van der Waals surface area contributed by atoms with Crippen LogP contribution in [0.15, 0.2) is 18.2 Å². The molecule has 21 heavy (non-hydrogen) atoms. The van der Waals surface area contributed by atoms with Gasteiger partial charge in [0.25, 0.3) is 11.6 Å². The van der Waals surface area contributed by atoms with Crippen molar-refractivity contribution in [2.24, 2.45) is 5.73 Å². The lowest BCUT2D eigenvalue weighted by Crippen LogP contribution is -2.43. The van der Waals surface area contributed by atoms with E-state index < -0.39 is 35.2 Å². The Bertz CT molecular complexity index is 618. The second-order valence-electron chi connectivity index (χ2n) is 3.96. The van der Waals surface area contributed by atoms with Crippen LogP contribution in [0, 0.1) is 13.7 Å². The average molecular weight is 407 g/mol. The summed E-state index contributed by atoms with van der Waals surface area (Å²) in [6.45, 7) is 0. The lowest BCUT2D eigenvalue weighted by atomic mass is 10.1. The maximum Gasteiger partial charge on any atom is 0.326 e. The number of non-ortho nitro benzene ring substituents is 1. The summed E-state index contributed by atoms with van der Waals surface area (Å²) in [5, 5.41) is 21.7. The van der Waals surface area contributed by atoms with E-state index in [1.165, 1.54) is 12.1 Å². The van der Waals surface area contributed by atoms with E-state index in [4.69, 9.17) is 10.8 Å². The van der Waals surface area contributed by atoms with Crippen molar-refractivity contribution in [2.45, 2.75) is 12.5 Å². The SMILES string of the molecule is NC(=O)C[C@H](NC(=O)c1cc([N+](=O)[O-])ccc1I)C(=O)O. The molecule has 0 aromatic heterocycles. The molecule has 0 unspecified atom stereocenters. The van der Waals surface area contributed by atoms with Crippen LogP contribution in [0.5, 0.6) is 0 Å². The van der Waals surface area contributed by atoms with Gasteiger partial charge in [-0.25, -0.2) is 4.79 Å². The second-order valence-corrected chi connectivity index (χ2v) is 5.12. The van der Waals surface area contributed by atoms with Gasteiger partial charge in [-0.1, -0.05) is 0 Å². The van der Waals surface area contributed by atoms with E-state index in [1.54, 1.807) is 22.6 Å². The molecule has 0 saturated carbocycles. The average Bonchev–Trinajstić information content (AvgIpc) is 2.37. The van der Waals surface area contributed by atoms with Gasteiger partial charge in [0.2, 0.25) is 5.91 Å². The predicted molar refractivity (Wildman–Crippen MR) is 78.5 cm³/mol. The molecule has 1 aromatic rings. The van der Waals surface area contributed by atoms with Crippen LogP contribution in [-0.2, 0) is 9.59 Å². The molecule has 0 heterocycles. The highest BCUT2D eigenvalue weighted by molar-refractivity contribution is 14.1. The standard InChI is InChI=1S/C11H10IN3O6/c12-7-2-1-5(15(20)21)3-6(7)10(17)14-8(11(18)19)4-9(13)16/h1-3,8H,4H2,(H2,13,16)(H,14,17)(H,18,19)/t8-/m0/s1. The molecular formula is C11H10IN3O6. The summed E-state index contributed by atoms with van der Waals surface area (Å²) in [7, 11) is 0. The number of nitrogens with one attached hydrogen (secondary N) is 1. The Hall–Kier alpha value is -2.24. The highest BCUT2D eigenvalue weighted by Crippen LogP contribution is 2.19. The minimum atomic E-state index is -1.50. The third-order valence-electron chi connectivity index (χ3n) is 2.41. The second kappa shape index (κ2) is 6.97. The summed E-state index contributed by atoms with van der Waals surface area (Å²) in [5.74, 6) is -3.16. The lowest BCUT2D eigenvalue weighted by molar-refractivity contribution is -0.384. The number of rotatable bonds is 6. The molecule has 0 bridgehead atoms. The van der Waals surface area contributed by atoms with Gasteiger partial charge in [0, 0.05) is 15.7 Å². The molecule has 1 aromatic carbocycles. The summed E-state index contributed by atoms with van der Waals surface area (Å²) in [6, 6.07) is 2.11. The van der Waals surface area contributed by atoms with Gasteiger partial charge in [-0.3, -0.25) is 19.7 Å². The maximum absolute atomic E-state index is 12.0. The highest BCUT2D eigenvalue weighted by Gasteiger charge is 2.24. The number of benzene rings is 1. The molecule has 1 rings (SSSR count). The molecular weight excluding hydrogens is 397 g/mol. The van der Waals surface area contributed by atoms with Gasteiger partial charge in [-0.05, 0) is 28.7 Å². The minimum Gasteiger partial charge on any atom is -0.480 e. The Morgan fingerprint density at radius 3 is 2.52 bits per heavy atom. The van der Waals surface area contributed by atoms with Crippen molar-refractivity contribution >= 4 is 46.1 Å². The van der Waals surface area contributed by atoms with Crippen LogP contribution in [0.3, 0.4) is 0 Å². The summed E-state index contributed by atoms with van der Waals surface area (Å²) in [4.78, 5) is 43.7. The number of carbonyl (C=O) groups is 3. The minimum absolute atomic E-state index is 0.0551. The molecule has 4 N–H and O–H groups in total. The first-order valence-electron chi connectivity index (χ1n) is 5.48. The molecule has 0 aliphatic carbocycles. The normalized spacial score (nSPS) is 11.5. The molecule has 2 amide bonds. The van der Waals surface area contributed by atoms with E-state index in [0.717, 1.165) is 6.07 Å². The molecule has 0 aliphatic heterocycles. The molecule has 0 radical (unpaired) electrons. The number of hydrogen-bond donors (Lipinski definition) is 3. The van der Waals surface area contributed by atoms with Crippen molar-refractivity contribution in [2.75, 3.05) is 0 Å². The molecule has 10 heteroatoms. The number of primary amides is 1. The topological polar surface area (TPSA) is 153 Å². The molecule has 0 fully saturated rings. The van der Waals surface area contributed by atoms with Crippen molar-refractivity contribution in [3.63, 3.8) is 0 Å². The number of halogens is 1. The van der Waals surface area contributed by atoms with Gasteiger partial charge in [0.05, 0.1) is 16.9 Å². The van der Waals surface area contributed by atoms with Gasteiger partial charge >= 0.3 is 5.97 Å². The molecule has 0 aliphatic rings. The fraction of sp³-hybridized carbons (Fsp3) is 0.182. The van der Waals surface area contributed by atoms with Crippen LogP contribution in [0.25, 0.3) is 0 Å². The number of carboxylic acids is 1. The van der Waals surface area contributed by atoms with E-state index in [9.17, 15) is 24.5 Å². The van der Waals surface area contributed by atoms with Crippen molar-refractivity contribution in [1.82, 2.24) is 5.32 Å². The number of hydrogen-bond acceptors (Lipinski definition) is 5. The summed E-state index contributed by atoms with van der Waals surface area (Å²) < 4.78 is 0.402. The molecule has 0 spiro atoms. The Morgan fingerprint density at radius 1 is 1.43 bits per heavy atom. The van der Waals surface area contributed by atoms with Crippen LogP contribution < -0.4 is 11.1 Å². The number of aliphatic carboxylic acids is 1. The van der Waals surface area contributed by atoms with Gasteiger partial charge in [-0.2, -0.15) is 0 Å². The number of nitro groups is 1. The summed E-state index contributed by atoms with van der Waals surface area (Å²) in [6.07, 6.45) is -0.577. The number of nitrogens with two attached hydrogens (primary N) is 1. The zero-order valence-electron chi connectivity index (χ0n) is 10.4. The smallest absolute Gasteiger partial charge is 0.326 e. The number of nitrogens with zero attached hydrogens (tertiary/aromatic N) is 1. The van der Waals surface area contributed by atoms with E-state index in [0.29, 0.717) is 3.57 Å². The van der Waals surface area contributed by atoms with Crippen LogP contribution >= 0.6 is 22.6 Å². The zero-order valence-corrected chi connectivity index (χ0v) is 12.6. The monoisotopic (exact) mass is 407 g/mol. The van der Waals surface area contributed by atoms with Crippen molar-refractivity contribution in [3.05, 3.63) is 37.4 Å². The number of carboxylic acid groups (broad SMARTS) is 1. The Morgan fingerprint density at radius 2 is 2.05 bits per heavy atom. The zero-order chi connectivity index (χ0) is 16.2. The van der Waals surface area contributed by atoms with Gasteiger partial charge in [0.1, 0.15) is 6.04 Å². The fourth-order valence-electron chi connectivity index (χ4n) is 1.44. The maximum atomic E-state index is 12.0. The van der Waals surface area contributed by atoms with Crippen LogP contribution in [0.2, 0.25) is 0 Å². The number of amides is 2. The largest absolute Gasteiger partial charge is 0.480 e. The predicted octanol–water partition coefficient (Wildman–Crippen LogP) is 0.258. The first-order valence-corrected chi connectivity index (χ1v) is 6.56. The summed E-state index contributed by atoms with van der Waals surface area (Å²) in [5.41, 5.74) is 4.54. The fourth-order valence-corrected chi connectivity index (χ4v) is 2.02. The number of nitro benzene ring substituents is 1. The molecule has 112 valence electrons. The highest BCUT2D eigenvalue weighted by atomic mass is 127. The van der Waals surface area contributed by atoms with Crippen molar-refractivity contribution < 1.29 is 24.4 Å². The van der Waals surface area contributed by atoms with E-state index >= 15 is 0 Å².